The fourth-order valence-corrected chi connectivity index (χ4v) is 1.19. The van der Waals surface area contributed by atoms with Gasteiger partial charge in [0.2, 0.25) is 0 Å². The predicted octanol–water partition coefficient (Wildman–Crippen LogP) is 2.28. The van der Waals surface area contributed by atoms with Crippen molar-refractivity contribution in [3.63, 3.8) is 0 Å². The second kappa shape index (κ2) is 5.44. The molecule has 3 heteroatoms. The highest BCUT2D eigenvalue weighted by atomic mass is 19.1. The second-order valence-electron chi connectivity index (χ2n) is 5.03. The van der Waals surface area contributed by atoms with Gasteiger partial charge in [-0.2, -0.15) is 0 Å². The molecular formula is C11H22FNO. The van der Waals surface area contributed by atoms with Gasteiger partial charge in [0.05, 0.1) is 0 Å². The van der Waals surface area contributed by atoms with Gasteiger partial charge in [0.15, 0.2) is 12.0 Å². The lowest BCUT2D eigenvalue weighted by Crippen LogP contribution is -2.30. The zero-order chi connectivity index (χ0) is 11.4. The predicted molar refractivity (Wildman–Crippen MR) is 57.1 cm³/mol. The normalized spacial score (nSPS) is 14.5. The van der Waals surface area contributed by atoms with E-state index in [9.17, 15) is 9.18 Å². The highest BCUT2D eigenvalue weighted by molar-refractivity contribution is 5.87. The molecule has 0 bridgehead atoms. The molecule has 0 aliphatic carbocycles. The lowest BCUT2D eigenvalue weighted by molar-refractivity contribution is -0.131. The smallest absolute Gasteiger partial charge is 0.172 e. The fourth-order valence-electron chi connectivity index (χ4n) is 1.19. The Kier molecular flexibility index (Phi) is 5.27. The van der Waals surface area contributed by atoms with Crippen LogP contribution in [0.5, 0.6) is 0 Å². The van der Waals surface area contributed by atoms with Crippen molar-refractivity contribution in [2.45, 2.75) is 39.8 Å². The SMILES string of the molecule is CN(C)CCC[C@H](F)C(=O)C(C)(C)C. The molecule has 0 spiro atoms. The summed E-state index contributed by atoms with van der Waals surface area (Å²) in [4.78, 5) is 13.4. The Morgan fingerprint density at radius 2 is 1.86 bits per heavy atom. The van der Waals surface area contributed by atoms with Crippen molar-refractivity contribution in [1.29, 1.82) is 0 Å². The summed E-state index contributed by atoms with van der Waals surface area (Å²) in [6.45, 7) is 6.10. The Balaban J connectivity index is 3.86. The molecular weight excluding hydrogens is 181 g/mol. The van der Waals surface area contributed by atoms with E-state index in [0.29, 0.717) is 6.42 Å². The van der Waals surface area contributed by atoms with Crippen molar-refractivity contribution in [3.8, 4) is 0 Å². The summed E-state index contributed by atoms with van der Waals surface area (Å²) in [5, 5.41) is 0. The summed E-state index contributed by atoms with van der Waals surface area (Å²) in [6.07, 6.45) is -0.223. The maximum absolute atomic E-state index is 13.4. The van der Waals surface area contributed by atoms with Crippen LogP contribution >= 0.6 is 0 Å². The van der Waals surface area contributed by atoms with Crippen molar-refractivity contribution >= 4 is 5.78 Å². The molecule has 0 aliphatic heterocycles. The van der Waals surface area contributed by atoms with Crippen LogP contribution in [0.4, 0.5) is 4.39 Å². The van der Waals surface area contributed by atoms with E-state index in [4.69, 9.17) is 0 Å². The first-order chi connectivity index (χ1) is 6.25. The summed E-state index contributed by atoms with van der Waals surface area (Å²) in [5.41, 5.74) is -0.558. The Bertz CT molecular complexity index is 184. The topological polar surface area (TPSA) is 20.3 Å². The third kappa shape index (κ3) is 5.32. The van der Waals surface area contributed by atoms with Crippen molar-refractivity contribution < 1.29 is 9.18 Å². The summed E-state index contributed by atoms with van der Waals surface area (Å²) in [5.74, 6) is -0.281. The van der Waals surface area contributed by atoms with Crippen molar-refractivity contribution in [2.24, 2.45) is 5.41 Å². The van der Waals surface area contributed by atoms with E-state index in [1.807, 2.05) is 19.0 Å². The average Bonchev–Trinajstić information content (AvgIpc) is 2.00. The Morgan fingerprint density at radius 3 is 2.21 bits per heavy atom. The molecule has 0 N–H and O–H groups in total. The molecule has 0 saturated carbocycles. The molecule has 0 aromatic rings. The molecule has 0 rings (SSSR count). The lowest BCUT2D eigenvalue weighted by Gasteiger charge is -2.19. The minimum atomic E-state index is -1.30. The van der Waals surface area contributed by atoms with Crippen LogP contribution in [0.2, 0.25) is 0 Å². The van der Waals surface area contributed by atoms with Gasteiger partial charge in [0, 0.05) is 5.41 Å². The van der Waals surface area contributed by atoms with Crippen molar-refractivity contribution in [2.75, 3.05) is 20.6 Å². The molecule has 0 heterocycles. The molecule has 84 valence electrons. The number of carbonyl (C=O) groups is 1. The minimum Gasteiger partial charge on any atom is -0.309 e. The average molecular weight is 203 g/mol. The summed E-state index contributed by atoms with van der Waals surface area (Å²) >= 11 is 0. The standard InChI is InChI=1S/C11H22FNO/c1-11(2,3)10(14)9(12)7-6-8-13(4)5/h9H,6-8H2,1-5H3/t9-/m0/s1. The maximum Gasteiger partial charge on any atom is 0.172 e. The molecule has 0 unspecified atom stereocenters. The van der Waals surface area contributed by atoms with Gasteiger partial charge in [-0.25, -0.2) is 4.39 Å². The van der Waals surface area contributed by atoms with Crippen LogP contribution in [0.1, 0.15) is 33.6 Å². The van der Waals surface area contributed by atoms with Gasteiger partial charge >= 0.3 is 0 Å². The third-order valence-corrected chi connectivity index (χ3v) is 2.09. The van der Waals surface area contributed by atoms with Gasteiger partial charge in [-0.1, -0.05) is 20.8 Å². The number of hydrogen-bond donors (Lipinski definition) is 0. The molecule has 2 nitrogen and oxygen atoms in total. The highest BCUT2D eigenvalue weighted by Gasteiger charge is 2.28. The Morgan fingerprint density at radius 1 is 1.36 bits per heavy atom. The summed E-state index contributed by atoms with van der Waals surface area (Å²) < 4.78 is 13.4. The van der Waals surface area contributed by atoms with Crippen LogP contribution in [0.3, 0.4) is 0 Å². The molecule has 0 radical (unpaired) electrons. The zero-order valence-corrected chi connectivity index (χ0v) is 9.93. The molecule has 1 atom stereocenters. The van der Waals surface area contributed by atoms with E-state index >= 15 is 0 Å². The van der Waals surface area contributed by atoms with Crippen LogP contribution in [0.15, 0.2) is 0 Å². The summed E-state index contributed by atoms with van der Waals surface area (Å²) in [6, 6.07) is 0. The summed E-state index contributed by atoms with van der Waals surface area (Å²) in [7, 11) is 3.89. The molecule has 14 heavy (non-hydrogen) atoms. The van der Waals surface area contributed by atoms with E-state index in [0.717, 1.165) is 13.0 Å². The number of carbonyl (C=O) groups excluding carboxylic acids is 1. The van der Waals surface area contributed by atoms with E-state index in [1.165, 1.54) is 0 Å². The van der Waals surface area contributed by atoms with E-state index in [1.54, 1.807) is 20.8 Å². The number of ketones is 1. The van der Waals surface area contributed by atoms with Crippen LogP contribution in [-0.4, -0.2) is 37.5 Å². The van der Waals surface area contributed by atoms with Crippen LogP contribution < -0.4 is 0 Å². The van der Waals surface area contributed by atoms with Gasteiger partial charge < -0.3 is 4.90 Å². The number of nitrogens with zero attached hydrogens (tertiary/aromatic N) is 1. The van der Waals surface area contributed by atoms with Gasteiger partial charge in [0.1, 0.15) is 0 Å². The van der Waals surface area contributed by atoms with Crippen LogP contribution in [0.25, 0.3) is 0 Å². The Hall–Kier alpha value is -0.440. The quantitative estimate of drug-likeness (QED) is 0.683. The van der Waals surface area contributed by atoms with Crippen molar-refractivity contribution in [3.05, 3.63) is 0 Å². The first-order valence-electron chi connectivity index (χ1n) is 5.08. The number of alkyl halides is 1. The molecule has 0 aliphatic rings. The highest BCUT2D eigenvalue weighted by Crippen LogP contribution is 2.20. The molecule has 0 aromatic carbocycles. The first kappa shape index (κ1) is 13.6. The fraction of sp³-hybridized carbons (Fsp3) is 0.909. The van der Waals surface area contributed by atoms with Gasteiger partial charge in [-0.15, -0.1) is 0 Å². The number of rotatable bonds is 5. The zero-order valence-electron chi connectivity index (χ0n) is 9.93. The van der Waals surface area contributed by atoms with Crippen molar-refractivity contribution in [1.82, 2.24) is 4.90 Å². The van der Waals surface area contributed by atoms with E-state index in [2.05, 4.69) is 0 Å². The second-order valence-corrected chi connectivity index (χ2v) is 5.03. The number of hydrogen-bond acceptors (Lipinski definition) is 2. The molecule has 0 amide bonds. The minimum absolute atomic E-state index is 0.281. The van der Waals surface area contributed by atoms with Gasteiger partial charge in [-0.3, -0.25) is 4.79 Å². The molecule has 0 fully saturated rings. The van der Waals surface area contributed by atoms with E-state index in [-0.39, 0.29) is 5.78 Å². The monoisotopic (exact) mass is 203 g/mol. The Labute approximate surface area is 86.5 Å². The molecule has 0 saturated heterocycles. The van der Waals surface area contributed by atoms with Crippen LogP contribution in [-0.2, 0) is 4.79 Å². The van der Waals surface area contributed by atoms with E-state index < -0.39 is 11.6 Å². The first-order valence-corrected chi connectivity index (χ1v) is 5.08. The molecule has 0 aromatic heterocycles. The lowest BCUT2D eigenvalue weighted by atomic mass is 9.87. The largest absolute Gasteiger partial charge is 0.309 e. The van der Waals surface area contributed by atoms with Crippen LogP contribution in [0, 0.1) is 5.41 Å². The number of halogens is 1. The maximum atomic E-state index is 13.4. The number of Topliss-reactive ketones (excluding diaryl/α,β-unsaturated/α-hetero) is 1. The third-order valence-electron chi connectivity index (χ3n) is 2.09. The van der Waals surface area contributed by atoms with Gasteiger partial charge in [0.25, 0.3) is 0 Å². The van der Waals surface area contributed by atoms with Gasteiger partial charge in [-0.05, 0) is 33.5 Å².